The first-order chi connectivity index (χ1) is 10.3. The first-order valence-electron chi connectivity index (χ1n) is 7.10. The molecule has 2 aromatic rings. The zero-order valence-electron chi connectivity index (χ0n) is 11.7. The number of carbonyl (C=O) groups is 1. The molecule has 1 aliphatic rings. The molecule has 0 spiro atoms. The Morgan fingerprint density at radius 3 is 2.86 bits per heavy atom. The third-order valence-electron chi connectivity index (χ3n) is 3.53. The van der Waals surface area contributed by atoms with Crippen molar-refractivity contribution in [1.29, 1.82) is 0 Å². The summed E-state index contributed by atoms with van der Waals surface area (Å²) in [6.07, 6.45) is 6.75. The van der Waals surface area contributed by atoms with Crippen LogP contribution in [0.25, 0.3) is 5.69 Å². The number of carbonyl (C=O) groups excluding carboxylic acids is 1. The highest BCUT2D eigenvalue weighted by atomic mass is 16.1. The van der Waals surface area contributed by atoms with Crippen molar-refractivity contribution in [3.8, 4) is 5.69 Å². The fourth-order valence-electron chi connectivity index (χ4n) is 2.31. The van der Waals surface area contributed by atoms with Gasteiger partial charge < -0.3 is 10.6 Å². The molecule has 0 saturated carbocycles. The Hall–Kier alpha value is -2.40. The maximum absolute atomic E-state index is 12.1. The monoisotopic (exact) mass is 282 g/mol. The van der Waals surface area contributed by atoms with Gasteiger partial charge in [-0.2, -0.15) is 5.10 Å². The number of hydrogen-bond donors (Lipinski definition) is 2. The maximum atomic E-state index is 12.1. The average Bonchev–Trinajstić information content (AvgIpc) is 3.08. The smallest absolute Gasteiger partial charge is 0.251 e. The number of benzene rings is 1. The van der Waals surface area contributed by atoms with Gasteiger partial charge in [-0.05, 0) is 43.3 Å². The molecule has 0 fully saturated rings. The summed E-state index contributed by atoms with van der Waals surface area (Å²) < 4.78 is 1.77. The summed E-state index contributed by atoms with van der Waals surface area (Å²) in [6.45, 7) is 2.51. The van der Waals surface area contributed by atoms with Crippen molar-refractivity contribution in [2.24, 2.45) is 0 Å². The van der Waals surface area contributed by atoms with E-state index in [0.717, 1.165) is 25.2 Å². The largest absolute Gasteiger partial charge is 0.348 e. The molecule has 0 saturated heterocycles. The molecule has 0 unspecified atom stereocenters. The molecular weight excluding hydrogens is 264 g/mol. The molecule has 1 aromatic carbocycles. The summed E-state index contributed by atoms with van der Waals surface area (Å²) in [5, 5.41) is 10.4. The Kier molecular flexibility index (Phi) is 4.12. The van der Waals surface area contributed by atoms with Crippen LogP contribution in [0.5, 0.6) is 0 Å². The van der Waals surface area contributed by atoms with Crippen LogP contribution in [0.3, 0.4) is 0 Å². The van der Waals surface area contributed by atoms with Crippen molar-refractivity contribution in [2.75, 3.05) is 19.6 Å². The van der Waals surface area contributed by atoms with Gasteiger partial charge in [0, 0.05) is 31.0 Å². The summed E-state index contributed by atoms with van der Waals surface area (Å²) in [5.74, 6) is -0.0403. The van der Waals surface area contributed by atoms with Crippen molar-refractivity contribution in [3.63, 3.8) is 0 Å². The van der Waals surface area contributed by atoms with Gasteiger partial charge in [0.05, 0.1) is 5.69 Å². The Bertz CT molecular complexity index is 629. The van der Waals surface area contributed by atoms with Crippen LogP contribution in [0.1, 0.15) is 16.8 Å². The quantitative estimate of drug-likeness (QED) is 0.836. The summed E-state index contributed by atoms with van der Waals surface area (Å²) >= 11 is 0. The lowest BCUT2D eigenvalue weighted by Crippen LogP contribution is -2.29. The number of hydrogen-bond acceptors (Lipinski definition) is 3. The second kappa shape index (κ2) is 6.37. The van der Waals surface area contributed by atoms with Crippen molar-refractivity contribution in [1.82, 2.24) is 20.4 Å². The fraction of sp³-hybridized carbons (Fsp3) is 0.250. The Morgan fingerprint density at radius 1 is 1.33 bits per heavy atom. The van der Waals surface area contributed by atoms with Gasteiger partial charge in [-0.1, -0.05) is 11.6 Å². The molecule has 5 heteroatoms. The number of amides is 1. The van der Waals surface area contributed by atoms with Crippen LogP contribution in [0.4, 0.5) is 0 Å². The minimum absolute atomic E-state index is 0.0403. The molecule has 3 rings (SSSR count). The lowest BCUT2D eigenvalue weighted by atomic mass is 10.1. The second-order valence-electron chi connectivity index (χ2n) is 5.00. The maximum Gasteiger partial charge on any atom is 0.251 e. The van der Waals surface area contributed by atoms with Crippen molar-refractivity contribution in [3.05, 3.63) is 59.9 Å². The second-order valence-corrected chi connectivity index (χ2v) is 5.00. The van der Waals surface area contributed by atoms with E-state index in [1.807, 2.05) is 36.5 Å². The number of aromatic nitrogens is 2. The predicted molar refractivity (Wildman–Crippen MR) is 81.5 cm³/mol. The van der Waals surface area contributed by atoms with Crippen molar-refractivity contribution in [2.45, 2.75) is 6.42 Å². The highest BCUT2D eigenvalue weighted by molar-refractivity contribution is 5.94. The highest BCUT2D eigenvalue weighted by Crippen LogP contribution is 2.09. The van der Waals surface area contributed by atoms with E-state index >= 15 is 0 Å². The summed E-state index contributed by atoms with van der Waals surface area (Å²) in [5.41, 5.74) is 2.90. The third kappa shape index (κ3) is 3.38. The van der Waals surface area contributed by atoms with Crippen LogP contribution in [0.15, 0.2) is 54.4 Å². The molecule has 0 atom stereocenters. The summed E-state index contributed by atoms with van der Waals surface area (Å²) in [4.78, 5) is 12.1. The van der Waals surface area contributed by atoms with Gasteiger partial charge in [0.1, 0.15) is 0 Å². The van der Waals surface area contributed by atoms with Gasteiger partial charge >= 0.3 is 0 Å². The zero-order chi connectivity index (χ0) is 14.5. The normalized spacial score (nSPS) is 14.6. The molecule has 2 heterocycles. The Labute approximate surface area is 123 Å². The van der Waals surface area contributed by atoms with Gasteiger partial charge in [-0.3, -0.25) is 4.79 Å². The van der Waals surface area contributed by atoms with E-state index < -0.39 is 0 Å². The minimum Gasteiger partial charge on any atom is -0.348 e. The van der Waals surface area contributed by atoms with Gasteiger partial charge in [0.25, 0.3) is 5.91 Å². The summed E-state index contributed by atoms with van der Waals surface area (Å²) in [6, 6.07) is 9.30. The molecule has 0 radical (unpaired) electrons. The molecule has 2 N–H and O–H groups in total. The number of rotatable bonds is 4. The number of nitrogens with one attached hydrogen (secondary N) is 2. The first-order valence-corrected chi connectivity index (χ1v) is 7.10. The lowest BCUT2D eigenvalue weighted by molar-refractivity contribution is 0.0956. The number of nitrogens with zero attached hydrogens (tertiary/aromatic N) is 2. The van der Waals surface area contributed by atoms with Crippen molar-refractivity contribution < 1.29 is 4.79 Å². The average molecular weight is 282 g/mol. The van der Waals surface area contributed by atoms with E-state index in [2.05, 4.69) is 21.8 Å². The minimum atomic E-state index is -0.0403. The molecule has 21 heavy (non-hydrogen) atoms. The van der Waals surface area contributed by atoms with E-state index in [9.17, 15) is 4.79 Å². The topological polar surface area (TPSA) is 59.0 Å². The molecule has 1 aliphatic heterocycles. The molecule has 1 amide bonds. The molecular formula is C16H18N4O. The predicted octanol–water partition coefficient (Wildman–Crippen LogP) is 1.52. The van der Waals surface area contributed by atoms with Crippen LogP contribution in [-0.2, 0) is 0 Å². The van der Waals surface area contributed by atoms with Crippen LogP contribution < -0.4 is 10.6 Å². The Balaban J connectivity index is 1.61. The van der Waals surface area contributed by atoms with Gasteiger partial charge in [0.2, 0.25) is 0 Å². The van der Waals surface area contributed by atoms with Crippen LogP contribution >= 0.6 is 0 Å². The molecule has 1 aromatic heterocycles. The lowest BCUT2D eigenvalue weighted by Gasteiger charge is -2.14. The van der Waals surface area contributed by atoms with E-state index in [4.69, 9.17) is 0 Å². The van der Waals surface area contributed by atoms with Crippen LogP contribution in [0.2, 0.25) is 0 Å². The molecule has 0 bridgehead atoms. The van der Waals surface area contributed by atoms with Crippen LogP contribution in [-0.4, -0.2) is 35.3 Å². The van der Waals surface area contributed by atoms with E-state index in [0.29, 0.717) is 12.1 Å². The molecule has 0 aliphatic carbocycles. The first kappa shape index (κ1) is 13.6. The van der Waals surface area contributed by atoms with Crippen molar-refractivity contribution >= 4 is 5.91 Å². The zero-order valence-corrected chi connectivity index (χ0v) is 11.7. The standard InChI is InChI=1S/C16H18N4O/c21-16(18-12-13-6-9-17-10-7-13)14-2-4-15(5-3-14)20-11-1-8-19-20/h1-6,8,11,17H,7,9-10,12H2,(H,18,21). The van der Waals surface area contributed by atoms with E-state index in [-0.39, 0.29) is 5.91 Å². The van der Waals surface area contributed by atoms with Gasteiger partial charge in [-0.25, -0.2) is 4.68 Å². The van der Waals surface area contributed by atoms with E-state index in [1.54, 1.807) is 10.9 Å². The SMILES string of the molecule is O=C(NCC1=CCNCC1)c1ccc(-n2cccn2)cc1. The van der Waals surface area contributed by atoms with E-state index in [1.165, 1.54) is 5.57 Å². The van der Waals surface area contributed by atoms with Crippen LogP contribution in [0, 0.1) is 0 Å². The van der Waals surface area contributed by atoms with Gasteiger partial charge in [0.15, 0.2) is 0 Å². The fourth-order valence-corrected chi connectivity index (χ4v) is 2.31. The third-order valence-corrected chi connectivity index (χ3v) is 3.53. The Morgan fingerprint density at radius 2 is 2.19 bits per heavy atom. The molecule has 5 nitrogen and oxygen atoms in total. The molecule has 108 valence electrons. The summed E-state index contributed by atoms with van der Waals surface area (Å²) in [7, 11) is 0. The van der Waals surface area contributed by atoms with Gasteiger partial charge in [-0.15, -0.1) is 0 Å². The highest BCUT2D eigenvalue weighted by Gasteiger charge is 2.08.